The zero-order valence-corrected chi connectivity index (χ0v) is 21.3. The second-order valence-corrected chi connectivity index (χ2v) is 10.9. The van der Waals surface area contributed by atoms with E-state index in [0.29, 0.717) is 38.3 Å². The Bertz CT molecular complexity index is 1210. The van der Waals surface area contributed by atoms with Gasteiger partial charge in [-0.1, -0.05) is 17.7 Å². The second-order valence-electron chi connectivity index (χ2n) is 8.89. The maximum absolute atomic E-state index is 12.9. The fourth-order valence-corrected chi connectivity index (χ4v) is 6.25. The normalized spacial score (nSPS) is 16.9. The molecule has 8 heteroatoms. The predicted molar refractivity (Wildman–Crippen MR) is 136 cm³/mol. The molecule has 0 aliphatic carbocycles. The second kappa shape index (κ2) is 10.4. The summed E-state index contributed by atoms with van der Waals surface area (Å²) >= 11 is 2.95. The molecule has 0 saturated carbocycles. The molecule has 6 nitrogen and oxygen atoms in total. The third-order valence-electron chi connectivity index (χ3n) is 6.09. The number of ether oxygens (including phenoxy) is 1. The molecule has 0 bridgehead atoms. The number of nitrogens with zero attached hydrogens (tertiary/aromatic N) is 1. The molecule has 1 aromatic carbocycles. The van der Waals surface area contributed by atoms with Crippen LogP contribution in [0.15, 0.2) is 27.9 Å². The molecule has 1 fully saturated rings. The summed E-state index contributed by atoms with van der Waals surface area (Å²) in [6.45, 7) is 8.84. The van der Waals surface area contributed by atoms with Crippen molar-refractivity contribution in [1.82, 2.24) is 15.3 Å². The zero-order chi connectivity index (χ0) is 23.5. The van der Waals surface area contributed by atoms with Crippen LogP contribution in [0.2, 0.25) is 0 Å². The van der Waals surface area contributed by atoms with Gasteiger partial charge in [-0.25, -0.2) is 4.98 Å². The molecule has 176 valence electrons. The average molecular weight is 486 g/mol. The number of nitrogens with one attached hydrogen (secondary N) is 2. The lowest BCUT2D eigenvalue weighted by atomic mass is 10.1. The highest BCUT2D eigenvalue weighted by Crippen LogP contribution is 2.29. The van der Waals surface area contributed by atoms with Crippen molar-refractivity contribution >= 4 is 39.2 Å². The smallest absolute Gasteiger partial charge is 0.261 e. The van der Waals surface area contributed by atoms with Gasteiger partial charge in [0.15, 0.2) is 0 Å². The van der Waals surface area contributed by atoms with Crippen LogP contribution >= 0.6 is 23.1 Å². The first-order valence-corrected chi connectivity index (χ1v) is 13.3. The van der Waals surface area contributed by atoms with Crippen LogP contribution in [-0.2, 0) is 10.5 Å². The van der Waals surface area contributed by atoms with Gasteiger partial charge in [-0.3, -0.25) is 9.59 Å². The molecule has 1 aliphatic rings. The number of carbonyl (C=O) groups excluding carboxylic acids is 1. The number of H-pyrrole nitrogens is 1. The number of thioether (sulfide) groups is 1. The molecule has 4 rings (SSSR count). The number of benzene rings is 1. The summed E-state index contributed by atoms with van der Waals surface area (Å²) in [6.07, 6.45) is 4.38. The molecule has 0 spiro atoms. The lowest BCUT2D eigenvalue weighted by Crippen LogP contribution is -2.33. The molecule has 2 atom stereocenters. The lowest BCUT2D eigenvalue weighted by Gasteiger charge is -2.16. The molecule has 1 saturated heterocycles. The number of rotatable bonds is 8. The van der Waals surface area contributed by atoms with E-state index < -0.39 is 0 Å². The fraction of sp³-hybridized carbons (Fsp3) is 0.480. The van der Waals surface area contributed by atoms with Crippen LogP contribution in [0.4, 0.5) is 0 Å². The number of aryl methyl sites for hydroxylation is 3. The van der Waals surface area contributed by atoms with Crippen molar-refractivity contribution in [3.8, 4) is 0 Å². The zero-order valence-electron chi connectivity index (χ0n) is 19.6. The predicted octanol–water partition coefficient (Wildman–Crippen LogP) is 5.28. The highest BCUT2D eigenvalue weighted by molar-refractivity contribution is 7.98. The topological polar surface area (TPSA) is 84.1 Å². The van der Waals surface area contributed by atoms with E-state index in [9.17, 15) is 9.59 Å². The van der Waals surface area contributed by atoms with Gasteiger partial charge in [0.1, 0.15) is 10.7 Å². The molecule has 2 N–H and O–H groups in total. The third kappa shape index (κ3) is 5.67. The van der Waals surface area contributed by atoms with Gasteiger partial charge in [-0.15, -0.1) is 23.1 Å². The molecule has 1 aliphatic heterocycles. The summed E-state index contributed by atoms with van der Waals surface area (Å²) in [7, 11) is 0. The van der Waals surface area contributed by atoms with Crippen LogP contribution in [0.5, 0.6) is 0 Å². The van der Waals surface area contributed by atoms with Crippen molar-refractivity contribution in [2.24, 2.45) is 0 Å². The SMILES string of the molecule is Cc1ccc(C)c(SCc2nc3sc(C(=O)NC(C)CCC4CCCO4)c(C)c3c(=O)[nH]2)c1. The van der Waals surface area contributed by atoms with Gasteiger partial charge in [-0.2, -0.15) is 0 Å². The van der Waals surface area contributed by atoms with Crippen LogP contribution in [-0.4, -0.2) is 34.6 Å². The molecule has 1 amide bonds. The minimum atomic E-state index is -0.184. The van der Waals surface area contributed by atoms with Crippen LogP contribution in [0, 0.1) is 20.8 Å². The van der Waals surface area contributed by atoms with Gasteiger partial charge in [-0.05, 0) is 70.6 Å². The standard InChI is InChI=1S/C25H31N3O3S2/c1-14-7-8-15(2)19(12-14)32-13-20-27-23(29)21-17(4)22(33-25(21)28-20)24(30)26-16(3)9-10-18-6-5-11-31-18/h7-8,12,16,18H,5-6,9-11,13H2,1-4H3,(H,26,30)(H,27,28,29). The quantitative estimate of drug-likeness (QED) is 0.424. The number of amides is 1. The Balaban J connectivity index is 1.46. The Morgan fingerprint density at radius 3 is 2.94 bits per heavy atom. The number of fused-ring (bicyclic) bond motifs is 1. The summed E-state index contributed by atoms with van der Waals surface area (Å²) in [5, 5.41) is 3.60. The number of carbonyl (C=O) groups is 1. The van der Waals surface area contributed by atoms with Gasteiger partial charge >= 0.3 is 0 Å². The average Bonchev–Trinajstić information content (AvgIpc) is 3.41. The van der Waals surface area contributed by atoms with E-state index in [2.05, 4.69) is 47.3 Å². The van der Waals surface area contributed by atoms with Gasteiger partial charge in [0, 0.05) is 17.5 Å². The summed E-state index contributed by atoms with van der Waals surface area (Å²) in [5.41, 5.74) is 2.92. The summed E-state index contributed by atoms with van der Waals surface area (Å²) in [5.74, 6) is 1.05. The summed E-state index contributed by atoms with van der Waals surface area (Å²) in [4.78, 5) is 35.7. The Kier molecular flexibility index (Phi) is 7.56. The number of thiophene rings is 1. The molecule has 3 aromatic rings. The third-order valence-corrected chi connectivity index (χ3v) is 8.44. The van der Waals surface area contributed by atoms with E-state index in [1.807, 2.05) is 13.8 Å². The number of aromatic amines is 1. The van der Waals surface area contributed by atoms with E-state index in [1.165, 1.54) is 27.4 Å². The maximum Gasteiger partial charge on any atom is 0.261 e. The largest absolute Gasteiger partial charge is 0.378 e. The van der Waals surface area contributed by atoms with Crippen LogP contribution in [0.25, 0.3) is 10.2 Å². The highest BCUT2D eigenvalue weighted by Gasteiger charge is 2.22. The lowest BCUT2D eigenvalue weighted by molar-refractivity contribution is 0.0902. The summed E-state index contributed by atoms with van der Waals surface area (Å²) < 4.78 is 5.68. The minimum Gasteiger partial charge on any atom is -0.378 e. The van der Waals surface area contributed by atoms with Crippen molar-refractivity contribution in [1.29, 1.82) is 0 Å². The Morgan fingerprint density at radius 1 is 1.36 bits per heavy atom. The van der Waals surface area contributed by atoms with Gasteiger partial charge in [0.2, 0.25) is 0 Å². The molecule has 2 aromatic heterocycles. The Morgan fingerprint density at radius 2 is 2.18 bits per heavy atom. The van der Waals surface area contributed by atoms with Crippen molar-refractivity contribution in [3.05, 3.63) is 55.9 Å². The van der Waals surface area contributed by atoms with Crippen molar-refractivity contribution < 1.29 is 9.53 Å². The van der Waals surface area contributed by atoms with Gasteiger partial charge in [0.05, 0.1) is 22.1 Å². The number of hydrogen-bond donors (Lipinski definition) is 2. The van der Waals surface area contributed by atoms with E-state index in [0.717, 1.165) is 32.3 Å². The molecular formula is C25H31N3O3S2. The van der Waals surface area contributed by atoms with Crippen LogP contribution in [0.1, 0.15) is 64.8 Å². The first-order chi connectivity index (χ1) is 15.8. The van der Waals surface area contributed by atoms with Crippen molar-refractivity contribution in [2.75, 3.05) is 6.61 Å². The van der Waals surface area contributed by atoms with Crippen molar-refractivity contribution in [3.63, 3.8) is 0 Å². The van der Waals surface area contributed by atoms with E-state index in [4.69, 9.17) is 4.74 Å². The van der Waals surface area contributed by atoms with Crippen LogP contribution in [0.3, 0.4) is 0 Å². The van der Waals surface area contributed by atoms with Gasteiger partial charge < -0.3 is 15.0 Å². The monoisotopic (exact) mass is 485 g/mol. The number of aromatic nitrogens is 2. The first-order valence-electron chi connectivity index (χ1n) is 11.5. The van der Waals surface area contributed by atoms with Gasteiger partial charge in [0.25, 0.3) is 11.5 Å². The fourth-order valence-electron chi connectivity index (χ4n) is 4.15. The molecule has 33 heavy (non-hydrogen) atoms. The van der Waals surface area contributed by atoms with E-state index >= 15 is 0 Å². The highest BCUT2D eigenvalue weighted by atomic mass is 32.2. The minimum absolute atomic E-state index is 0.0436. The maximum atomic E-state index is 12.9. The first kappa shape index (κ1) is 24.0. The molecular weight excluding hydrogens is 454 g/mol. The Labute approximate surface area is 202 Å². The van der Waals surface area contributed by atoms with E-state index in [1.54, 1.807) is 11.8 Å². The number of hydrogen-bond acceptors (Lipinski definition) is 6. The molecule has 0 radical (unpaired) electrons. The Hall–Kier alpha value is -2.16. The molecule has 3 heterocycles. The van der Waals surface area contributed by atoms with Crippen molar-refractivity contribution in [2.45, 2.75) is 76.2 Å². The van der Waals surface area contributed by atoms with E-state index in [-0.39, 0.29) is 17.5 Å². The van der Waals surface area contributed by atoms with Crippen LogP contribution < -0.4 is 10.9 Å². The molecule has 2 unspecified atom stereocenters. The summed E-state index contributed by atoms with van der Waals surface area (Å²) in [6, 6.07) is 6.39.